The van der Waals surface area contributed by atoms with E-state index in [4.69, 9.17) is 0 Å². The normalized spacial score (nSPS) is 16.1. The fourth-order valence-corrected chi connectivity index (χ4v) is 1.56. The lowest BCUT2D eigenvalue weighted by Crippen LogP contribution is -2.16. The summed E-state index contributed by atoms with van der Waals surface area (Å²) in [6.45, 7) is 2.17. The van der Waals surface area contributed by atoms with Crippen LogP contribution in [-0.2, 0) is 19.9 Å². The standard InChI is InChI=1S/C8H13N3.ClH/c1-11-6-7-2-4-9-5-3-8(7)10-11;/h6,9H,2-5H2,1H3;1H. The summed E-state index contributed by atoms with van der Waals surface area (Å²) in [6.07, 6.45) is 4.34. The number of nitrogens with zero attached hydrogens (tertiary/aromatic N) is 2. The molecule has 2 rings (SSSR count). The van der Waals surface area contributed by atoms with Crippen LogP contribution in [-0.4, -0.2) is 22.9 Å². The molecule has 0 bridgehead atoms. The molecule has 0 radical (unpaired) electrons. The molecule has 0 saturated heterocycles. The number of nitrogens with one attached hydrogen (secondary N) is 1. The maximum Gasteiger partial charge on any atom is 0.0669 e. The fourth-order valence-electron chi connectivity index (χ4n) is 1.56. The molecule has 0 aliphatic carbocycles. The molecule has 3 nitrogen and oxygen atoms in total. The van der Waals surface area contributed by atoms with E-state index in [9.17, 15) is 0 Å². The Morgan fingerprint density at radius 2 is 2.17 bits per heavy atom. The van der Waals surface area contributed by atoms with Crippen LogP contribution in [0.3, 0.4) is 0 Å². The third kappa shape index (κ3) is 1.79. The Labute approximate surface area is 78.6 Å². The van der Waals surface area contributed by atoms with Crippen molar-refractivity contribution in [2.75, 3.05) is 13.1 Å². The second-order valence-electron chi connectivity index (χ2n) is 3.02. The first-order valence-corrected chi connectivity index (χ1v) is 4.08. The summed E-state index contributed by atoms with van der Waals surface area (Å²) < 4.78 is 1.91. The number of aryl methyl sites for hydroxylation is 1. The van der Waals surface area contributed by atoms with Gasteiger partial charge in [0.2, 0.25) is 0 Å². The van der Waals surface area contributed by atoms with Gasteiger partial charge in [0, 0.05) is 26.2 Å². The van der Waals surface area contributed by atoms with Crippen LogP contribution in [0.1, 0.15) is 11.3 Å². The average Bonchev–Trinajstić information content (AvgIpc) is 2.17. The van der Waals surface area contributed by atoms with E-state index in [-0.39, 0.29) is 12.4 Å². The van der Waals surface area contributed by atoms with Gasteiger partial charge in [0.15, 0.2) is 0 Å². The number of hydrogen-bond donors (Lipinski definition) is 1. The van der Waals surface area contributed by atoms with E-state index in [2.05, 4.69) is 16.6 Å². The first-order chi connectivity index (χ1) is 5.36. The zero-order valence-corrected chi connectivity index (χ0v) is 8.02. The lowest BCUT2D eigenvalue weighted by Gasteiger charge is -1.94. The quantitative estimate of drug-likeness (QED) is 0.642. The van der Waals surface area contributed by atoms with Gasteiger partial charge in [-0.1, -0.05) is 0 Å². The highest BCUT2D eigenvalue weighted by Crippen LogP contribution is 2.09. The first kappa shape index (κ1) is 9.55. The Morgan fingerprint density at radius 1 is 1.42 bits per heavy atom. The maximum atomic E-state index is 4.39. The lowest BCUT2D eigenvalue weighted by molar-refractivity contribution is 0.681. The minimum atomic E-state index is 0. The molecule has 0 spiro atoms. The molecule has 0 amide bonds. The molecule has 0 unspecified atom stereocenters. The molecule has 2 heterocycles. The van der Waals surface area contributed by atoms with E-state index in [0.29, 0.717) is 0 Å². The molecule has 68 valence electrons. The van der Waals surface area contributed by atoms with Crippen LogP contribution in [0.5, 0.6) is 0 Å². The maximum absolute atomic E-state index is 4.39. The zero-order chi connectivity index (χ0) is 7.68. The fraction of sp³-hybridized carbons (Fsp3) is 0.625. The molecule has 0 aromatic carbocycles. The van der Waals surface area contributed by atoms with Gasteiger partial charge in [-0.15, -0.1) is 12.4 Å². The molecule has 0 atom stereocenters. The molecule has 0 saturated carbocycles. The van der Waals surface area contributed by atoms with Gasteiger partial charge in [-0.3, -0.25) is 4.68 Å². The van der Waals surface area contributed by atoms with Crippen molar-refractivity contribution in [2.24, 2.45) is 7.05 Å². The number of hydrogen-bond acceptors (Lipinski definition) is 2. The monoisotopic (exact) mass is 187 g/mol. The minimum absolute atomic E-state index is 0. The van der Waals surface area contributed by atoms with Crippen molar-refractivity contribution in [3.8, 4) is 0 Å². The molecule has 1 aliphatic rings. The first-order valence-electron chi connectivity index (χ1n) is 4.08. The Kier molecular flexibility index (Phi) is 3.12. The summed E-state index contributed by atoms with van der Waals surface area (Å²) in [4.78, 5) is 0. The number of fused-ring (bicyclic) bond motifs is 1. The number of halogens is 1. The SMILES string of the molecule is Cl.Cn1cc2c(n1)CCNCC2. The van der Waals surface area contributed by atoms with Crippen molar-refractivity contribution >= 4 is 12.4 Å². The van der Waals surface area contributed by atoms with Crippen LogP contribution in [0.15, 0.2) is 6.20 Å². The van der Waals surface area contributed by atoms with Gasteiger partial charge in [0.05, 0.1) is 5.69 Å². The van der Waals surface area contributed by atoms with Gasteiger partial charge in [-0.25, -0.2) is 0 Å². The van der Waals surface area contributed by atoms with Crippen LogP contribution in [0.25, 0.3) is 0 Å². The summed E-state index contributed by atoms with van der Waals surface area (Å²) in [7, 11) is 1.99. The summed E-state index contributed by atoms with van der Waals surface area (Å²) in [5, 5.41) is 7.74. The summed E-state index contributed by atoms with van der Waals surface area (Å²) in [5.74, 6) is 0. The van der Waals surface area contributed by atoms with E-state index >= 15 is 0 Å². The van der Waals surface area contributed by atoms with Crippen molar-refractivity contribution in [3.63, 3.8) is 0 Å². The Morgan fingerprint density at radius 3 is 3.00 bits per heavy atom. The third-order valence-electron chi connectivity index (χ3n) is 2.10. The summed E-state index contributed by atoms with van der Waals surface area (Å²) >= 11 is 0. The van der Waals surface area contributed by atoms with Gasteiger partial charge in [-0.05, 0) is 18.5 Å². The van der Waals surface area contributed by atoms with Crippen molar-refractivity contribution in [1.29, 1.82) is 0 Å². The molecule has 1 aliphatic heterocycles. The van der Waals surface area contributed by atoms with E-state index in [1.807, 2.05) is 11.7 Å². The van der Waals surface area contributed by atoms with Gasteiger partial charge >= 0.3 is 0 Å². The molecule has 12 heavy (non-hydrogen) atoms. The molecule has 4 heteroatoms. The highest BCUT2D eigenvalue weighted by atomic mass is 35.5. The van der Waals surface area contributed by atoms with Gasteiger partial charge in [-0.2, -0.15) is 5.10 Å². The largest absolute Gasteiger partial charge is 0.316 e. The van der Waals surface area contributed by atoms with Gasteiger partial charge < -0.3 is 5.32 Å². The topological polar surface area (TPSA) is 29.9 Å². The van der Waals surface area contributed by atoms with E-state index in [1.54, 1.807) is 0 Å². The van der Waals surface area contributed by atoms with Crippen molar-refractivity contribution in [2.45, 2.75) is 12.8 Å². The smallest absolute Gasteiger partial charge is 0.0669 e. The molecular formula is C8H14ClN3. The van der Waals surface area contributed by atoms with Crippen molar-refractivity contribution in [3.05, 3.63) is 17.5 Å². The average molecular weight is 188 g/mol. The molecule has 1 aromatic rings. The van der Waals surface area contributed by atoms with Crippen molar-refractivity contribution in [1.82, 2.24) is 15.1 Å². The van der Waals surface area contributed by atoms with Gasteiger partial charge in [0.25, 0.3) is 0 Å². The molecule has 1 aromatic heterocycles. The second-order valence-corrected chi connectivity index (χ2v) is 3.02. The summed E-state index contributed by atoms with van der Waals surface area (Å²) in [5.41, 5.74) is 2.69. The second kappa shape index (κ2) is 3.92. The van der Waals surface area contributed by atoms with E-state index in [0.717, 1.165) is 25.9 Å². The highest BCUT2D eigenvalue weighted by Gasteiger charge is 2.09. The van der Waals surface area contributed by atoms with E-state index in [1.165, 1.54) is 11.3 Å². The van der Waals surface area contributed by atoms with E-state index < -0.39 is 0 Å². The van der Waals surface area contributed by atoms with Crippen LogP contribution >= 0.6 is 12.4 Å². The van der Waals surface area contributed by atoms with Gasteiger partial charge in [0.1, 0.15) is 0 Å². The molecule has 0 fully saturated rings. The Hall–Kier alpha value is -0.540. The Bertz CT molecular complexity index is 233. The van der Waals surface area contributed by atoms with Crippen LogP contribution in [0.2, 0.25) is 0 Å². The third-order valence-corrected chi connectivity index (χ3v) is 2.10. The predicted octanol–water partition coefficient (Wildman–Crippen LogP) is 0.530. The number of rotatable bonds is 0. The predicted molar refractivity (Wildman–Crippen MR) is 50.7 cm³/mol. The van der Waals surface area contributed by atoms with Crippen molar-refractivity contribution < 1.29 is 0 Å². The zero-order valence-electron chi connectivity index (χ0n) is 7.21. The van der Waals surface area contributed by atoms with Crippen LogP contribution in [0.4, 0.5) is 0 Å². The molecular weight excluding hydrogens is 174 g/mol. The minimum Gasteiger partial charge on any atom is -0.316 e. The van der Waals surface area contributed by atoms with Crippen LogP contribution < -0.4 is 5.32 Å². The molecule has 1 N–H and O–H groups in total. The Balaban J connectivity index is 0.000000720. The lowest BCUT2D eigenvalue weighted by atomic mass is 10.2. The highest BCUT2D eigenvalue weighted by molar-refractivity contribution is 5.85. The van der Waals surface area contributed by atoms with Crippen LogP contribution in [0, 0.1) is 0 Å². The number of aromatic nitrogens is 2. The summed E-state index contributed by atoms with van der Waals surface area (Å²) in [6, 6.07) is 0.